The summed E-state index contributed by atoms with van der Waals surface area (Å²) in [6.07, 6.45) is 0. The van der Waals surface area contributed by atoms with E-state index < -0.39 is 52.8 Å². The van der Waals surface area contributed by atoms with Gasteiger partial charge in [-0.2, -0.15) is 8.78 Å². The van der Waals surface area contributed by atoms with E-state index in [1.54, 1.807) is 0 Å². The van der Waals surface area contributed by atoms with Crippen LogP contribution in [0.3, 0.4) is 0 Å². The molecule has 0 heterocycles. The van der Waals surface area contributed by atoms with E-state index in [-0.39, 0.29) is 11.4 Å². The lowest BCUT2D eigenvalue weighted by atomic mass is 10.1. The molecule has 12 heteroatoms. The van der Waals surface area contributed by atoms with Gasteiger partial charge in [0.25, 0.3) is 11.6 Å². The number of aryl methyl sites for hydroxylation is 1. The molecule has 1 amide bonds. The van der Waals surface area contributed by atoms with Crippen molar-refractivity contribution in [3.8, 4) is 11.5 Å². The number of esters is 1. The number of carbonyl (C=O) groups is 2. The van der Waals surface area contributed by atoms with Crippen molar-refractivity contribution in [1.82, 2.24) is 0 Å². The zero-order valence-electron chi connectivity index (χ0n) is 15.6. The summed E-state index contributed by atoms with van der Waals surface area (Å²) in [5, 5.41) is 13.5. The quantitative estimate of drug-likeness (QED) is 0.389. The van der Waals surface area contributed by atoms with Crippen LogP contribution in [0.1, 0.15) is 15.9 Å². The number of nitro benzene ring substituents is 1. The van der Waals surface area contributed by atoms with E-state index in [0.717, 1.165) is 19.2 Å². The molecule has 0 aliphatic carbocycles. The number of nitrogens with zero attached hydrogens (tertiary/aromatic N) is 1. The number of ether oxygens (including phenoxy) is 3. The average molecular weight is 428 g/mol. The number of rotatable bonds is 8. The summed E-state index contributed by atoms with van der Waals surface area (Å²) < 4.78 is 52.1. The number of halogens is 3. The maximum absolute atomic E-state index is 13.5. The van der Waals surface area contributed by atoms with Gasteiger partial charge in [-0.25, -0.2) is 9.18 Å². The Morgan fingerprint density at radius 2 is 1.90 bits per heavy atom. The predicted molar refractivity (Wildman–Crippen MR) is 96.3 cm³/mol. The monoisotopic (exact) mass is 428 g/mol. The molecule has 0 spiro atoms. The number of carbonyl (C=O) groups excluding carboxylic acids is 2. The average Bonchev–Trinajstić information content (AvgIpc) is 2.68. The standard InChI is InChI=1S/C18H15F3N2O7/c1-9-3-4-10(5-12(9)19)22-16(24)8-29-17(25)11-6-14(28-2)15(30-18(20)21)7-13(11)23(26)27/h3-7,18H,8H2,1-2H3,(H,22,24). The Kier molecular flexibility index (Phi) is 7.17. The van der Waals surface area contributed by atoms with Gasteiger partial charge in [0, 0.05) is 11.8 Å². The van der Waals surface area contributed by atoms with E-state index in [1.807, 2.05) is 0 Å². The number of anilines is 1. The van der Waals surface area contributed by atoms with Crippen molar-refractivity contribution >= 4 is 23.3 Å². The molecule has 1 N–H and O–H groups in total. The van der Waals surface area contributed by atoms with Crippen molar-refractivity contribution in [3.05, 3.63) is 57.4 Å². The normalized spacial score (nSPS) is 10.5. The molecule has 2 rings (SSSR count). The van der Waals surface area contributed by atoms with Crippen molar-refractivity contribution in [1.29, 1.82) is 0 Å². The molecule has 160 valence electrons. The van der Waals surface area contributed by atoms with Crippen LogP contribution >= 0.6 is 0 Å². The molecule has 0 fully saturated rings. The molecule has 0 unspecified atom stereocenters. The lowest BCUT2D eigenvalue weighted by molar-refractivity contribution is -0.385. The molecule has 0 radical (unpaired) electrons. The third kappa shape index (κ3) is 5.59. The van der Waals surface area contributed by atoms with Gasteiger partial charge in [0.05, 0.1) is 18.1 Å². The van der Waals surface area contributed by atoms with Crippen LogP contribution in [0.25, 0.3) is 0 Å². The van der Waals surface area contributed by atoms with Gasteiger partial charge < -0.3 is 19.5 Å². The number of benzene rings is 2. The molecule has 0 saturated heterocycles. The summed E-state index contributed by atoms with van der Waals surface area (Å²) in [5.74, 6) is -3.71. The van der Waals surface area contributed by atoms with Crippen molar-refractivity contribution in [2.45, 2.75) is 13.5 Å². The molecular weight excluding hydrogens is 413 g/mol. The van der Waals surface area contributed by atoms with Crippen LogP contribution in [0.5, 0.6) is 11.5 Å². The van der Waals surface area contributed by atoms with Crippen molar-refractivity contribution in [3.63, 3.8) is 0 Å². The zero-order chi connectivity index (χ0) is 22.4. The van der Waals surface area contributed by atoms with Crippen LogP contribution in [0.2, 0.25) is 0 Å². The van der Waals surface area contributed by atoms with Gasteiger partial charge in [-0.1, -0.05) is 6.07 Å². The number of nitro groups is 1. The summed E-state index contributed by atoms with van der Waals surface area (Å²) >= 11 is 0. The number of methoxy groups -OCH3 is 1. The number of hydrogen-bond acceptors (Lipinski definition) is 7. The molecule has 2 aromatic rings. The maximum Gasteiger partial charge on any atom is 0.387 e. The van der Waals surface area contributed by atoms with Crippen LogP contribution in [-0.2, 0) is 9.53 Å². The van der Waals surface area contributed by atoms with Crippen molar-refractivity contribution < 1.29 is 41.9 Å². The number of amides is 1. The number of alkyl halides is 2. The molecule has 0 aliphatic rings. The first-order valence-corrected chi connectivity index (χ1v) is 8.16. The van der Waals surface area contributed by atoms with Gasteiger partial charge >= 0.3 is 12.6 Å². The first kappa shape index (κ1) is 22.5. The van der Waals surface area contributed by atoms with Crippen LogP contribution in [0.15, 0.2) is 30.3 Å². The summed E-state index contributed by atoms with van der Waals surface area (Å²) in [6, 6.07) is 5.28. The van der Waals surface area contributed by atoms with E-state index in [0.29, 0.717) is 11.6 Å². The summed E-state index contributed by atoms with van der Waals surface area (Å²) in [4.78, 5) is 34.3. The molecule has 9 nitrogen and oxygen atoms in total. The fourth-order valence-corrected chi connectivity index (χ4v) is 2.29. The summed E-state index contributed by atoms with van der Waals surface area (Å²) in [7, 11) is 1.07. The van der Waals surface area contributed by atoms with Gasteiger partial charge in [0.1, 0.15) is 11.4 Å². The Morgan fingerprint density at radius 3 is 2.47 bits per heavy atom. The Labute approximate surface area is 167 Å². The highest BCUT2D eigenvalue weighted by Crippen LogP contribution is 2.36. The number of hydrogen-bond donors (Lipinski definition) is 1. The Bertz CT molecular complexity index is 982. The lowest BCUT2D eigenvalue weighted by Gasteiger charge is -2.12. The van der Waals surface area contributed by atoms with Gasteiger partial charge in [-0.05, 0) is 24.6 Å². The fourth-order valence-electron chi connectivity index (χ4n) is 2.29. The highest BCUT2D eigenvalue weighted by molar-refractivity contribution is 5.98. The van der Waals surface area contributed by atoms with E-state index in [1.165, 1.54) is 19.1 Å². The zero-order valence-corrected chi connectivity index (χ0v) is 15.6. The molecular formula is C18H15F3N2O7. The predicted octanol–water partition coefficient (Wildman–Crippen LogP) is 3.45. The highest BCUT2D eigenvalue weighted by Gasteiger charge is 2.27. The van der Waals surface area contributed by atoms with Gasteiger partial charge in [0.2, 0.25) is 0 Å². The van der Waals surface area contributed by atoms with E-state index in [4.69, 9.17) is 9.47 Å². The molecule has 0 aromatic heterocycles. The molecule has 0 saturated carbocycles. The van der Waals surface area contributed by atoms with Gasteiger partial charge in [-0.3, -0.25) is 14.9 Å². The second-order valence-electron chi connectivity index (χ2n) is 5.74. The van der Waals surface area contributed by atoms with Crippen LogP contribution < -0.4 is 14.8 Å². The second kappa shape index (κ2) is 9.58. The number of nitrogens with one attached hydrogen (secondary N) is 1. The van der Waals surface area contributed by atoms with Gasteiger partial charge in [0.15, 0.2) is 18.1 Å². The fraction of sp³-hybridized carbons (Fsp3) is 0.222. The first-order valence-electron chi connectivity index (χ1n) is 8.16. The Balaban J connectivity index is 2.15. The third-order valence-corrected chi connectivity index (χ3v) is 3.70. The summed E-state index contributed by atoms with van der Waals surface area (Å²) in [6.45, 7) is -2.60. The molecule has 2 aromatic carbocycles. The smallest absolute Gasteiger partial charge is 0.387 e. The summed E-state index contributed by atoms with van der Waals surface area (Å²) in [5.41, 5.74) is -1.06. The van der Waals surface area contributed by atoms with Crippen LogP contribution in [0, 0.1) is 22.9 Å². The van der Waals surface area contributed by atoms with E-state index in [9.17, 15) is 32.9 Å². The van der Waals surface area contributed by atoms with Gasteiger partial charge in [-0.15, -0.1) is 0 Å². The Morgan fingerprint density at radius 1 is 1.20 bits per heavy atom. The highest BCUT2D eigenvalue weighted by atomic mass is 19.3. The largest absolute Gasteiger partial charge is 0.493 e. The molecule has 0 aliphatic heterocycles. The van der Waals surface area contributed by atoms with Crippen molar-refractivity contribution in [2.24, 2.45) is 0 Å². The first-order chi connectivity index (χ1) is 14.1. The van der Waals surface area contributed by atoms with Crippen LogP contribution in [-0.4, -0.2) is 37.1 Å². The minimum atomic E-state index is -3.29. The minimum absolute atomic E-state index is 0.111. The van der Waals surface area contributed by atoms with E-state index >= 15 is 0 Å². The Hall–Kier alpha value is -3.83. The van der Waals surface area contributed by atoms with Crippen molar-refractivity contribution in [2.75, 3.05) is 19.0 Å². The maximum atomic E-state index is 13.5. The topological polar surface area (TPSA) is 117 Å². The third-order valence-electron chi connectivity index (χ3n) is 3.70. The second-order valence-corrected chi connectivity index (χ2v) is 5.74. The molecule has 0 atom stereocenters. The van der Waals surface area contributed by atoms with E-state index in [2.05, 4.69) is 10.1 Å². The van der Waals surface area contributed by atoms with Crippen LogP contribution in [0.4, 0.5) is 24.5 Å². The lowest BCUT2D eigenvalue weighted by Crippen LogP contribution is -2.21. The molecule has 30 heavy (non-hydrogen) atoms. The SMILES string of the molecule is COc1cc(C(=O)OCC(=O)Nc2ccc(C)c(F)c2)c([N+](=O)[O-])cc1OC(F)F. The molecule has 0 bridgehead atoms. The minimum Gasteiger partial charge on any atom is -0.493 e.